The van der Waals surface area contributed by atoms with E-state index in [0.717, 1.165) is 8.95 Å². The molecule has 1 unspecified atom stereocenters. The molecule has 0 radical (unpaired) electrons. The molecule has 2 amide bonds. The van der Waals surface area contributed by atoms with E-state index in [9.17, 15) is 9.59 Å². The number of aliphatic carboxylic acids is 1. The van der Waals surface area contributed by atoms with Gasteiger partial charge in [-0.1, -0.05) is 22.9 Å². The number of urea groups is 1. The molecule has 1 aromatic rings. The molecule has 7 heteroatoms. The van der Waals surface area contributed by atoms with E-state index in [4.69, 9.17) is 5.11 Å². The Bertz CT molecular complexity index is 508. The number of nitrogens with one attached hydrogen (secondary N) is 1. The summed E-state index contributed by atoms with van der Waals surface area (Å²) in [6, 6.07) is 5.12. The molecule has 1 atom stereocenters. The third-order valence-corrected chi connectivity index (χ3v) is 3.94. The van der Waals surface area contributed by atoms with Gasteiger partial charge in [0.15, 0.2) is 0 Å². The molecule has 20 heavy (non-hydrogen) atoms. The molecule has 0 saturated heterocycles. The third kappa shape index (κ3) is 4.79. The van der Waals surface area contributed by atoms with Crippen LogP contribution in [0.3, 0.4) is 0 Å². The second-order valence-electron chi connectivity index (χ2n) is 4.33. The minimum Gasteiger partial charge on any atom is -0.481 e. The number of nitrogens with zero attached hydrogens (tertiary/aromatic N) is 1. The van der Waals surface area contributed by atoms with Crippen LogP contribution in [0.25, 0.3) is 0 Å². The highest BCUT2D eigenvalue weighted by Gasteiger charge is 2.19. The predicted octanol–water partition coefficient (Wildman–Crippen LogP) is 3.79. The van der Waals surface area contributed by atoms with Gasteiger partial charge in [-0.2, -0.15) is 0 Å². The van der Waals surface area contributed by atoms with Gasteiger partial charge >= 0.3 is 12.0 Å². The summed E-state index contributed by atoms with van der Waals surface area (Å²) in [5.74, 6) is -1.52. The summed E-state index contributed by atoms with van der Waals surface area (Å²) in [7, 11) is 0. The number of anilines is 1. The van der Waals surface area contributed by atoms with Crippen molar-refractivity contribution in [2.75, 3.05) is 18.4 Å². The fraction of sp³-hybridized carbons (Fsp3) is 0.385. The van der Waals surface area contributed by atoms with Crippen LogP contribution in [-0.2, 0) is 4.79 Å². The molecule has 2 N–H and O–H groups in total. The second-order valence-corrected chi connectivity index (χ2v) is 6.10. The van der Waals surface area contributed by atoms with Crippen LogP contribution in [0.15, 0.2) is 27.1 Å². The molecule has 0 bridgehead atoms. The number of carboxylic acids is 1. The number of benzene rings is 1. The van der Waals surface area contributed by atoms with Gasteiger partial charge in [-0.05, 0) is 41.1 Å². The zero-order valence-electron chi connectivity index (χ0n) is 11.2. The van der Waals surface area contributed by atoms with Gasteiger partial charge in [-0.15, -0.1) is 0 Å². The Balaban J connectivity index is 2.77. The van der Waals surface area contributed by atoms with E-state index in [1.807, 2.05) is 19.1 Å². The van der Waals surface area contributed by atoms with E-state index in [0.29, 0.717) is 12.2 Å². The van der Waals surface area contributed by atoms with Gasteiger partial charge in [0.2, 0.25) is 0 Å². The van der Waals surface area contributed by atoms with Crippen molar-refractivity contribution in [2.24, 2.45) is 5.92 Å². The van der Waals surface area contributed by atoms with Crippen molar-refractivity contribution in [3.63, 3.8) is 0 Å². The summed E-state index contributed by atoms with van der Waals surface area (Å²) >= 11 is 6.69. The van der Waals surface area contributed by atoms with E-state index in [-0.39, 0.29) is 12.6 Å². The molecule has 0 spiro atoms. The predicted molar refractivity (Wildman–Crippen MR) is 84.9 cm³/mol. The molecule has 0 saturated carbocycles. The van der Waals surface area contributed by atoms with Crippen molar-refractivity contribution < 1.29 is 14.7 Å². The lowest BCUT2D eigenvalue weighted by molar-refractivity contribution is -0.141. The van der Waals surface area contributed by atoms with E-state index in [1.165, 1.54) is 4.90 Å². The number of carboxylic acid groups (broad SMARTS) is 1. The maximum Gasteiger partial charge on any atom is 0.321 e. The lowest BCUT2D eigenvalue weighted by Gasteiger charge is -2.23. The molecule has 0 aliphatic carbocycles. The number of hydrogen-bond acceptors (Lipinski definition) is 2. The van der Waals surface area contributed by atoms with Crippen LogP contribution in [0, 0.1) is 5.92 Å². The minimum atomic E-state index is -0.917. The smallest absolute Gasteiger partial charge is 0.321 e. The van der Waals surface area contributed by atoms with Crippen molar-refractivity contribution in [1.82, 2.24) is 4.90 Å². The fourth-order valence-corrected chi connectivity index (χ4v) is 2.26. The van der Waals surface area contributed by atoms with Gasteiger partial charge in [0.25, 0.3) is 0 Å². The monoisotopic (exact) mass is 406 g/mol. The molecule has 5 nitrogen and oxygen atoms in total. The Labute approximate surface area is 134 Å². The van der Waals surface area contributed by atoms with E-state index in [1.54, 1.807) is 13.0 Å². The average Bonchev–Trinajstić information content (AvgIpc) is 2.39. The van der Waals surface area contributed by atoms with Crippen LogP contribution in [0.5, 0.6) is 0 Å². The van der Waals surface area contributed by atoms with Crippen molar-refractivity contribution in [3.8, 4) is 0 Å². The highest BCUT2D eigenvalue weighted by Crippen LogP contribution is 2.26. The summed E-state index contributed by atoms with van der Waals surface area (Å²) in [5.41, 5.74) is 0.630. The van der Waals surface area contributed by atoms with Gasteiger partial charge < -0.3 is 15.3 Å². The van der Waals surface area contributed by atoms with E-state index < -0.39 is 11.9 Å². The quantitative estimate of drug-likeness (QED) is 0.780. The molecular formula is C13H16Br2N2O3. The first-order valence-electron chi connectivity index (χ1n) is 6.09. The summed E-state index contributed by atoms with van der Waals surface area (Å²) < 4.78 is 1.61. The number of halogens is 2. The second kappa shape index (κ2) is 7.64. The topological polar surface area (TPSA) is 69.6 Å². The highest BCUT2D eigenvalue weighted by atomic mass is 79.9. The van der Waals surface area contributed by atoms with Crippen LogP contribution in [-0.4, -0.2) is 35.1 Å². The zero-order chi connectivity index (χ0) is 15.3. The summed E-state index contributed by atoms with van der Waals surface area (Å²) in [6.07, 6.45) is 0. The zero-order valence-corrected chi connectivity index (χ0v) is 14.4. The van der Waals surface area contributed by atoms with Crippen LogP contribution < -0.4 is 5.32 Å². The molecular weight excluding hydrogens is 392 g/mol. The van der Waals surface area contributed by atoms with Crippen molar-refractivity contribution in [1.29, 1.82) is 0 Å². The van der Waals surface area contributed by atoms with Gasteiger partial charge in [0.1, 0.15) is 0 Å². The number of carbonyl (C=O) groups excluding carboxylic acids is 1. The normalized spacial score (nSPS) is 11.8. The minimum absolute atomic E-state index is 0.170. The Kier molecular flexibility index (Phi) is 6.48. The molecule has 0 aliphatic heterocycles. The van der Waals surface area contributed by atoms with Crippen molar-refractivity contribution in [2.45, 2.75) is 13.8 Å². The molecule has 0 fully saturated rings. The number of amides is 2. The summed E-state index contributed by atoms with van der Waals surface area (Å²) in [4.78, 5) is 24.5. The van der Waals surface area contributed by atoms with Crippen LogP contribution in [0.2, 0.25) is 0 Å². The molecule has 0 heterocycles. The van der Waals surface area contributed by atoms with E-state index in [2.05, 4.69) is 37.2 Å². The van der Waals surface area contributed by atoms with Crippen molar-refractivity contribution >= 4 is 49.5 Å². The average molecular weight is 408 g/mol. The number of rotatable bonds is 5. The van der Waals surface area contributed by atoms with Gasteiger partial charge in [-0.3, -0.25) is 4.79 Å². The molecule has 0 aliphatic rings. The standard InChI is InChI=1S/C13H16Br2N2O3/c1-3-17(7-8(2)12(18)19)13(20)16-11-6-9(14)4-5-10(11)15/h4-6,8H,3,7H2,1-2H3,(H,16,20)(H,18,19). The van der Waals surface area contributed by atoms with Crippen LogP contribution in [0.4, 0.5) is 10.5 Å². The molecule has 110 valence electrons. The largest absolute Gasteiger partial charge is 0.481 e. The number of hydrogen-bond donors (Lipinski definition) is 2. The van der Waals surface area contributed by atoms with Gasteiger partial charge in [0, 0.05) is 22.0 Å². The van der Waals surface area contributed by atoms with E-state index >= 15 is 0 Å². The Morgan fingerprint density at radius 1 is 1.40 bits per heavy atom. The molecule has 1 rings (SSSR count). The first-order valence-corrected chi connectivity index (χ1v) is 7.67. The Hall–Kier alpha value is -1.08. The maximum atomic E-state index is 12.2. The maximum absolute atomic E-state index is 12.2. The first kappa shape index (κ1) is 17.0. The fourth-order valence-electron chi connectivity index (χ4n) is 1.55. The first-order chi connectivity index (χ1) is 9.35. The Morgan fingerprint density at radius 2 is 2.05 bits per heavy atom. The van der Waals surface area contributed by atoms with Crippen LogP contribution >= 0.6 is 31.9 Å². The van der Waals surface area contributed by atoms with Crippen molar-refractivity contribution in [3.05, 3.63) is 27.1 Å². The lowest BCUT2D eigenvalue weighted by Crippen LogP contribution is -2.39. The molecule has 1 aromatic carbocycles. The lowest BCUT2D eigenvalue weighted by atomic mass is 10.2. The molecule has 0 aromatic heterocycles. The Morgan fingerprint density at radius 3 is 2.60 bits per heavy atom. The van der Waals surface area contributed by atoms with Crippen LogP contribution in [0.1, 0.15) is 13.8 Å². The third-order valence-electron chi connectivity index (χ3n) is 2.75. The SMILES string of the molecule is CCN(CC(C)C(=O)O)C(=O)Nc1cc(Br)ccc1Br. The number of carbonyl (C=O) groups is 2. The van der Waals surface area contributed by atoms with Gasteiger partial charge in [-0.25, -0.2) is 4.79 Å². The highest BCUT2D eigenvalue weighted by molar-refractivity contribution is 9.11. The summed E-state index contributed by atoms with van der Waals surface area (Å²) in [5, 5.41) is 11.7. The summed E-state index contributed by atoms with van der Waals surface area (Å²) in [6.45, 7) is 4.00. The van der Waals surface area contributed by atoms with Gasteiger partial charge in [0.05, 0.1) is 11.6 Å².